The zero-order valence-corrected chi connectivity index (χ0v) is 16.8. The standard InChI is InChI=1S/C22H21ClN4O2/c1-16-6-5-7-17(14-16)21(28)26-12-10-25(11-13-26)19-15-24-27(22(29)20(19)23)18-8-3-2-4-9-18/h2-9,14-15H,10-13H2,1H3. The largest absolute Gasteiger partial charge is 0.365 e. The zero-order chi connectivity index (χ0) is 20.4. The van der Waals surface area contributed by atoms with Gasteiger partial charge in [0.2, 0.25) is 0 Å². The summed E-state index contributed by atoms with van der Waals surface area (Å²) in [6.07, 6.45) is 1.62. The van der Waals surface area contributed by atoms with Gasteiger partial charge < -0.3 is 9.80 Å². The van der Waals surface area contributed by atoms with Gasteiger partial charge in [0.1, 0.15) is 5.02 Å². The maximum absolute atomic E-state index is 12.7. The third-order valence-electron chi connectivity index (χ3n) is 5.07. The van der Waals surface area contributed by atoms with Gasteiger partial charge >= 0.3 is 0 Å². The van der Waals surface area contributed by atoms with Gasteiger partial charge in [-0.1, -0.05) is 47.5 Å². The first-order valence-corrected chi connectivity index (χ1v) is 9.86. The van der Waals surface area contributed by atoms with Crippen molar-refractivity contribution in [3.63, 3.8) is 0 Å². The van der Waals surface area contributed by atoms with Crippen LogP contribution in [-0.2, 0) is 0 Å². The lowest BCUT2D eigenvalue weighted by atomic mass is 10.1. The van der Waals surface area contributed by atoms with Gasteiger partial charge in [-0.15, -0.1) is 0 Å². The molecule has 0 saturated carbocycles. The number of aryl methyl sites for hydroxylation is 1. The van der Waals surface area contributed by atoms with Gasteiger partial charge in [0.25, 0.3) is 11.5 Å². The fourth-order valence-electron chi connectivity index (χ4n) is 3.51. The summed E-state index contributed by atoms with van der Waals surface area (Å²) < 4.78 is 1.29. The topological polar surface area (TPSA) is 58.4 Å². The Balaban J connectivity index is 1.50. The van der Waals surface area contributed by atoms with Gasteiger partial charge in [0, 0.05) is 31.7 Å². The average Bonchev–Trinajstić information content (AvgIpc) is 2.76. The molecule has 148 valence electrons. The van der Waals surface area contributed by atoms with Crippen LogP contribution in [0.3, 0.4) is 0 Å². The van der Waals surface area contributed by atoms with E-state index in [9.17, 15) is 9.59 Å². The van der Waals surface area contributed by atoms with E-state index in [4.69, 9.17) is 11.6 Å². The van der Waals surface area contributed by atoms with Crippen molar-refractivity contribution in [3.05, 3.63) is 87.3 Å². The van der Waals surface area contributed by atoms with Crippen LogP contribution in [0.15, 0.2) is 65.6 Å². The molecule has 0 atom stereocenters. The van der Waals surface area contributed by atoms with Crippen molar-refractivity contribution in [2.75, 3.05) is 31.1 Å². The second kappa shape index (κ2) is 8.09. The molecule has 2 aromatic carbocycles. The molecular formula is C22H21ClN4O2. The summed E-state index contributed by atoms with van der Waals surface area (Å²) in [5.74, 6) is 0.0251. The first-order chi connectivity index (χ1) is 14.0. The van der Waals surface area contributed by atoms with Crippen LogP contribution in [0.5, 0.6) is 0 Å². The quantitative estimate of drug-likeness (QED) is 0.668. The Morgan fingerprint density at radius 2 is 1.72 bits per heavy atom. The van der Waals surface area contributed by atoms with E-state index in [0.29, 0.717) is 43.1 Å². The minimum Gasteiger partial charge on any atom is -0.365 e. The van der Waals surface area contributed by atoms with Gasteiger partial charge in [-0.05, 0) is 31.2 Å². The Labute approximate surface area is 173 Å². The van der Waals surface area contributed by atoms with E-state index < -0.39 is 0 Å². The lowest BCUT2D eigenvalue weighted by Gasteiger charge is -2.36. The molecule has 0 bridgehead atoms. The van der Waals surface area contributed by atoms with Crippen LogP contribution in [0.1, 0.15) is 15.9 Å². The number of rotatable bonds is 3. The summed E-state index contributed by atoms with van der Waals surface area (Å²) in [6.45, 7) is 4.28. The maximum Gasteiger partial charge on any atom is 0.292 e. The predicted octanol–water partition coefficient (Wildman–Crippen LogP) is 3.16. The molecule has 1 aliphatic rings. The number of carbonyl (C=O) groups excluding carboxylic acids is 1. The molecule has 0 radical (unpaired) electrons. The van der Waals surface area contributed by atoms with E-state index in [1.165, 1.54) is 4.68 Å². The number of benzene rings is 2. The zero-order valence-electron chi connectivity index (χ0n) is 16.1. The number of amides is 1. The molecule has 0 unspecified atom stereocenters. The van der Waals surface area contributed by atoms with Crippen molar-refractivity contribution in [2.45, 2.75) is 6.92 Å². The van der Waals surface area contributed by atoms with Crippen LogP contribution >= 0.6 is 11.6 Å². The number of carbonyl (C=O) groups is 1. The first-order valence-electron chi connectivity index (χ1n) is 9.49. The molecule has 29 heavy (non-hydrogen) atoms. The number of halogens is 1. The summed E-state index contributed by atoms with van der Waals surface area (Å²) >= 11 is 6.40. The van der Waals surface area contributed by atoms with Crippen LogP contribution in [0.2, 0.25) is 5.02 Å². The van der Waals surface area contributed by atoms with Crippen molar-refractivity contribution < 1.29 is 4.79 Å². The average molecular weight is 409 g/mol. The van der Waals surface area contributed by atoms with Crippen LogP contribution in [-0.4, -0.2) is 46.8 Å². The summed E-state index contributed by atoms with van der Waals surface area (Å²) in [6, 6.07) is 16.8. The van der Waals surface area contributed by atoms with E-state index in [1.807, 2.05) is 59.2 Å². The van der Waals surface area contributed by atoms with Gasteiger partial charge in [0.15, 0.2) is 0 Å². The Kier molecular flexibility index (Phi) is 5.36. The van der Waals surface area contributed by atoms with Crippen molar-refractivity contribution >= 4 is 23.2 Å². The van der Waals surface area contributed by atoms with Crippen molar-refractivity contribution in [3.8, 4) is 5.69 Å². The number of hydrogen-bond acceptors (Lipinski definition) is 4. The van der Waals surface area contributed by atoms with Crippen LogP contribution in [0.25, 0.3) is 5.69 Å². The number of piperazine rings is 1. The number of anilines is 1. The Morgan fingerprint density at radius 1 is 1.00 bits per heavy atom. The molecule has 1 aromatic heterocycles. The van der Waals surface area contributed by atoms with E-state index in [2.05, 4.69) is 5.10 Å². The van der Waals surface area contributed by atoms with Crippen LogP contribution in [0.4, 0.5) is 5.69 Å². The van der Waals surface area contributed by atoms with E-state index >= 15 is 0 Å². The molecule has 1 saturated heterocycles. The van der Waals surface area contributed by atoms with Crippen LogP contribution in [0, 0.1) is 6.92 Å². The molecule has 0 N–H and O–H groups in total. The predicted molar refractivity (Wildman–Crippen MR) is 114 cm³/mol. The highest BCUT2D eigenvalue weighted by Gasteiger charge is 2.25. The molecule has 1 fully saturated rings. The molecule has 6 nitrogen and oxygen atoms in total. The number of aromatic nitrogens is 2. The molecule has 1 amide bonds. The fourth-order valence-corrected chi connectivity index (χ4v) is 3.76. The summed E-state index contributed by atoms with van der Waals surface area (Å²) in [7, 11) is 0. The molecule has 1 aliphatic heterocycles. The second-order valence-corrected chi connectivity index (χ2v) is 7.42. The van der Waals surface area contributed by atoms with Gasteiger partial charge in [-0.25, -0.2) is 0 Å². The molecule has 7 heteroatoms. The molecule has 0 aliphatic carbocycles. The summed E-state index contributed by atoms with van der Waals surface area (Å²) in [5.41, 5.74) is 2.68. The molecule has 2 heterocycles. The monoisotopic (exact) mass is 408 g/mol. The minimum absolute atomic E-state index is 0.0251. The summed E-state index contributed by atoms with van der Waals surface area (Å²) in [5, 5.41) is 4.43. The van der Waals surface area contributed by atoms with E-state index in [1.54, 1.807) is 18.3 Å². The van der Waals surface area contributed by atoms with E-state index in [-0.39, 0.29) is 16.5 Å². The van der Waals surface area contributed by atoms with E-state index in [0.717, 1.165) is 5.56 Å². The molecular weight excluding hydrogens is 388 g/mol. The van der Waals surface area contributed by atoms with Gasteiger partial charge in [-0.2, -0.15) is 9.78 Å². The third kappa shape index (κ3) is 3.89. The molecule has 3 aromatic rings. The highest BCUT2D eigenvalue weighted by Crippen LogP contribution is 2.23. The Hall–Kier alpha value is -3.12. The second-order valence-electron chi connectivity index (χ2n) is 7.05. The maximum atomic E-state index is 12.7. The highest BCUT2D eigenvalue weighted by molar-refractivity contribution is 6.33. The normalized spacial score (nSPS) is 14.1. The lowest BCUT2D eigenvalue weighted by molar-refractivity contribution is 0.0746. The lowest BCUT2D eigenvalue weighted by Crippen LogP contribution is -2.49. The first kappa shape index (κ1) is 19.2. The van der Waals surface area contributed by atoms with Crippen molar-refractivity contribution in [1.82, 2.24) is 14.7 Å². The SMILES string of the molecule is Cc1cccc(C(=O)N2CCN(c3cnn(-c4ccccc4)c(=O)c3Cl)CC2)c1. The van der Waals surface area contributed by atoms with Crippen molar-refractivity contribution in [2.24, 2.45) is 0 Å². The van der Waals surface area contributed by atoms with Gasteiger partial charge in [-0.3, -0.25) is 9.59 Å². The minimum atomic E-state index is -0.353. The van der Waals surface area contributed by atoms with Gasteiger partial charge in [0.05, 0.1) is 17.6 Å². The number of hydrogen-bond donors (Lipinski definition) is 0. The number of para-hydroxylation sites is 1. The molecule has 4 rings (SSSR count). The Morgan fingerprint density at radius 3 is 2.41 bits per heavy atom. The van der Waals surface area contributed by atoms with Crippen LogP contribution < -0.4 is 10.5 Å². The fraction of sp³-hybridized carbons (Fsp3) is 0.227. The Bertz CT molecular complexity index is 1090. The summed E-state index contributed by atoms with van der Waals surface area (Å²) in [4.78, 5) is 29.3. The smallest absolute Gasteiger partial charge is 0.292 e. The highest BCUT2D eigenvalue weighted by atomic mass is 35.5. The number of nitrogens with zero attached hydrogens (tertiary/aromatic N) is 4. The third-order valence-corrected chi connectivity index (χ3v) is 5.43. The molecule has 0 spiro atoms. The van der Waals surface area contributed by atoms with Crippen molar-refractivity contribution in [1.29, 1.82) is 0 Å².